The van der Waals surface area contributed by atoms with Crippen LogP contribution >= 0.6 is 0 Å². The highest BCUT2D eigenvalue weighted by molar-refractivity contribution is 7.89. The van der Waals surface area contributed by atoms with Crippen molar-refractivity contribution in [1.82, 2.24) is 9.79 Å². The van der Waals surface area contributed by atoms with Crippen LogP contribution in [0.4, 0.5) is 0 Å². The maximum absolute atomic E-state index is 13.4. The first-order chi connectivity index (χ1) is 14.3. The fraction of sp³-hybridized carbons (Fsp3) is 0.682. The molecule has 1 aliphatic carbocycles. The molecule has 0 radical (unpaired) electrons. The summed E-state index contributed by atoms with van der Waals surface area (Å²) in [7, 11) is -2.24. The topological polar surface area (TPSA) is 84.9 Å². The van der Waals surface area contributed by atoms with Gasteiger partial charge in [-0.15, -0.1) is 0 Å². The van der Waals surface area contributed by atoms with E-state index in [-0.39, 0.29) is 30.6 Å². The SMILES string of the molecule is CCOC(=O)C1(CC2CCCCC2)CN(S(=O)(=O)c2ccc(C)cc2)CC1NOC. The second-order valence-corrected chi connectivity index (χ2v) is 10.5. The highest BCUT2D eigenvalue weighted by Crippen LogP contribution is 2.43. The number of esters is 1. The molecule has 0 aromatic heterocycles. The zero-order chi connectivity index (χ0) is 21.8. The minimum atomic E-state index is -3.74. The third-order valence-electron chi connectivity index (χ3n) is 6.49. The molecule has 7 nitrogen and oxygen atoms in total. The van der Waals surface area contributed by atoms with Crippen molar-refractivity contribution in [2.24, 2.45) is 11.3 Å². The van der Waals surface area contributed by atoms with Crippen LogP contribution in [0.25, 0.3) is 0 Å². The number of hydroxylamine groups is 1. The van der Waals surface area contributed by atoms with E-state index < -0.39 is 21.5 Å². The van der Waals surface area contributed by atoms with E-state index in [1.165, 1.54) is 17.8 Å². The Morgan fingerprint density at radius 2 is 1.87 bits per heavy atom. The summed E-state index contributed by atoms with van der Waals surface area (Å²) < 4.78 is 33.6. The molecule has 0 amide bonds. The zero-order valence-corrected chi connectivity index (χ0v) is 19.0. The molecule has 1 heterocycles. The Morgan fingerprint density at radius 1 is 1.20 bits per heavy atom. The summed E-state index contributed by atoms with van der Waals surface area (Å²) in [6.45, 7) is 4.21. The summed E-state index contributed by atoms with van der Waals surface area (Å²) in [5, 5.41) is 0. The number of carbonyl (C=O) groups excluding carboxylic acids is 1. The van der Waals surface area contributed by atoms with Gasteiger partial charge in [-0.2, -0.15) is 9.79 Å². The van der Waals surface area contributed by atoms with Crippen LogP contribution < -0.4 is 5.48 Å². The van der Waals surface area contributed by atoms with Crippen molar-refractivity contribution in [3.05, 3.63) is 29.8 Å². The predicted molar refractivity (Wildman–Crippen MR) is 114 cm³/mol. The van der Waals surface area contributed by atoms with E-state index >= 15 is 0 Å². The fourth-order valence-corrected chi connectivity index (χ4v) is 6.40. The van der Waals surface area contributed by atoms with E-state index in [4.69, 9.17) is 9.57 Å². The first-order valence-corrected chi connectivity index (χ1v) is 12.3. The number of benzene rings is 1. The molecule has 2 unspecified atom stereocenters. The van der Waals surface area contributed by atoms with Gasteiger partial charge < -0.3 is 9.57 Å². The Hall–Kier alpha value is -1.48. The number of nitrogens with zero attached hydrogens (tertiary/aromatic N) is 1. The maximum Gasteiger partial charge on any atom is 0.315 e. The monoisotopic (exact) mass is 438 g/mol. The first-order valence-electron chi connectivity index (χ1n) is 10.9. The van der Waals surface area contributed by atoms with Crippen molar-refractivity contribution in [3.63, 3.8) is 0 Å². The molecule has 1 saturated heterocycles. The van der Waals surface area contributed by atoms with E-state index in [9.17, 15) is 13.2 Å². The van der Waals surface area contributed by atoms with Gasteiger partial charge in [0, 0.05) is 13.1 Å². The largest absolute Gasteiger partial charge is 0.465 e. The summed E-state index contributed by atoms with van der Waals surface area (Å²) in [6, 6.07) is 6.34. The molecular formula is C22H34N2O5S. The normalized spacial score (nSPS) is 26.0. The first kappa shape index (κ1) is 23.2. The molecule has 2 atom stereocenters. The van der Waals surface area contributed by atoms with E-state index in [0.717, 1.165) is 31.2 Å². The third kappa shape index (κ3) is 4.72. The molecule has 168 valence electrons. The quantitative estimate of drug-likeness (QED) is 0.496. The Bertz CT molecular complexity index is 820. The zero-order valence-electron chi connectivity index (χ0n) is 18.2. The predicted octanol–water partition coefficient (Wildman–Crippen LogP) is 3.04. The van der Waals surface area contributed by atoms with Crippen LogP contribution in [0.15, 0.2) is 29.2 Å². The molecule has 1 saturated carbocycles. The van der Waals surface area contributed by atoms with Gasteiger partial charge in [0.1, 0.15) is 5.41 Å². The summed E-state index contributed by atoms with van der Waals surface area (Å²) in [4.78, 5) is 18.7. The van der Waals surface area contributed by atoms with Crippen molar-refractivity contribution in [2.45, 2.75) is 63.3 Å². The Labute approximate surface area is 180 Å². The lowest BCUT2D eigenvalue weighted by molar-refractivity contribution is -0.159. The van der Waals surface area contributed by atoms with Gasteiger partial charge in [-0.05, 0) is 38.3 Å². The van der Waals surface area contributed by atoms with Crippen molar-refractivity contribution < 1.29 is 22.8 Å². The lowest BCUT2D eigenvalue weighted by Crippen LogP contribution is -2.51. The number of hydrogen-bond acceptors (Lipinski definition) is 6. The molecule has 30 heavy (non-hydrogen) atoms. The second-order valence-electron chi connectivity index (χ2n) is 8.57. The fourth-order valence-electron chi connectivity index (χ4n) is 4.88. The summed E-state index contributed by atoms with van der Waals surface area (Å²) in [6.07, 6.45) is 6.25. The van der Waals surface area contributed by atoms with Crippen LogP contribution in [0.3, 0.4) is 0 Å². The number of rotatable bonds is 8. The number of sulfonamides is 1. The molecule has 1 aliphatic heterocycles. The molecule has 2 fully saturated rings. The summed E-state index contributed by atoms with van der Waals surface area (Å²) in [5.74, 6) is 0.0399. The van der Waals surface area contributed by atoms with Gasteiger partial charge in [-0.1, -0.05) is 49.8 Å². The second kappa shape index (κ2) is 9.77. The minimum Gasteiger partial charge on any atom is -0.465 e. The van der Waals surface area contributed by atoms with Gasteiger partial charge in [-0.25, -0.2) is 8.42 Å². The van der Waals surface area contributed by atoms with Crippen LogP contribution in [-0.2, 0) is 24.4 Å². The molecule has 1 aromatic rings. The van der Waals surface area contributed by atoms with E-state index in [2.05, 4.69) is 5.48 Å². The van der Waals surface area contributed by atoms with Crippen LogP contribution in [0.1, 0.15) is 51.0 Å². The number of aryl methyl sites for hydroxylation is 1. The summed E-state index contributed by atoms with van der Waals surface area (Å²) >= 11 is 0. The lowest BCUT2D eigenvalue weighted by Gasteiger charge is -2.36. The molecule has 0 bridgehead atoms. The molecule has 0 spiro atoms. The van der Waals surface area contributed by atoms with Crippen LogP contribution in [0.2, 0.25) is 0 Å². The van der Waals surface area contributed by atoms with E-state index in [0.29, 0.717) is 12.3 Å². The molecule has 1 N–H and O–H groups in total. The maximum atomic E-state index is 13.4. The average molecular weight is 439 g/mol. The molecule has 8 heteroatoms. The molecule has 3 rings (SSSR count). The van der Waals surface area contributed by atoms with E-state index in [1.54, 1.807) is 31.2 Å². The number of hydrogen-bond donors (Lipinski definition) is 1. The lowest BCUT2D eigenvalue weighted by atomic mass is 9.72. The Morgan fingerprint density at radius 3 is 2.47 bits per heavy atom. The standard InChI is InChI=1S/C22H34N2O5S/c1-4-29-21(25)22(14-18-8-6-5-7-9-18)16-24(15-20(22)23-28-3)30(26,27)19-12-10-17(2)11-13-19/h10-13,18,20,23H,4-9,14-16H2,1-3H3. The van der Waals surface area contributed by atoms with Crippen LogP contribution in [0.5, 0.6) is 0 Å². The van der Waals surface area contributed by atoms with Crippen molar-refractivity contribution in [1.29, 1.82) is 0 Å². The Balaban J connectivity index is 1.94. The van der Waals surface area contributed by atoms with E-state index in [1.807, 2.05) is 6.92 Å². The van der Waals surface area contributed by atoms with Gasteiger partial charge in [0.05, 0.1) is 24.7 Å². The molecular weight excluding hydrogens is 404 g/mol. The van der Waals surface area contributed by atoms with Crippen molar-refractivity contribution in [3.8, 4) is 0 Å². The highest BCUT2D eigenvalue weighted by Gasteiger charge is 2.57. The van der Waals surface area contributed by atoms with Crippen LogP contribution in [-0.4, -0.2) is 51.5 Å². The van der Waals surface area contributed by atoms with Gasteiger partial charge in [0.15, 0.2) is 0 Å². The highest BCUT2D eigenvalue weighted by atomic mass is 32.2. The average Bonchev–Trinajstić information content (AvgIpc) is 3.10. The number of ether oxygens (including phenoxy) is 1. The van der Waals surface area contributed by atoms with Crippen LogP contribution in [0, 0.1) is 18.3 Å². The smallest absolute Gasteiger partial charge is 0.315 e. The number of carbonyl (C=O) groups is 1. The number of nitrogens with one attached hydrogen (secondary N) is 1. The van der Waals surface area contributed by atoms with Gasteiger partial charge >= 0.3 is 5.97 Å². The molecule has 2 aliphatic rings. The van der Waals surface area contributed by atoms with Gasteiger partial charge in [-0.3, -0.25) is 4.79 Å². The molecule has 1 aromatic carbocycles. The minimum absolute atomic E-state index is 0.0968. The van der Waals surface area contributed by atoms with Gasteiger partial charge in [0.25, 0.3) is 0 Å². The van der Waals surface area contributed by atoms with Crippen molar-refractivity contribution in [2.75, 3.05) is 26.8 Å². The van der Waals surface area contributed by atoms with Gasteiger partial charge in [0.2, 0.25) is 10.0 Å². The Kier molecular flexibility index (Phi) is 7.55. The third-order valence-corrected chi connectivity index (χ3v) is 8.32. The van der Waals surface area contributed by atoms with Crippen molar-refractivity contribution >= 4 is 16.0 Å². The summed E-state index contributed by atoms with van der Waals surface area (Å²) in [5.41, 5.74) is 2.95.